The van der Waals surface area contributed by atoms with Crippen molar-refractivity contribution < 1.29 is 0 Å². The van der Waals surface area contributed by atoms with Gasteiger partial charge in [-0.1, -0.05) is 32.5 Å². The molecule has 1 fully saturated rings. The molecule has 0 aromatic carbocycles. The first kappa shape index (κ1) is 14.8. The molecule has 1 heterocycles. The molecule has 1 atom stereocenters. The number of aliphatic imine (C=N–C) groups is 1. The van der Waals surface area contributed by atoms with Crippen LogP contribution < -0.4 is 5.32 Å². The molecule has 0 aromatic heterocycles. The fourth-order valence-electron chi connectivity index (χ4n) is 2.00. The highest BCUT2D eigenvalue weighted by atomic mass is 32.2. The van der Waals surface area contributed by atoms with Crippen LogP contribution in [0.25, 0.3) is 0 Å². The third kappa shape index (κ3) is 5.77. The largest absolute Gasteiger partial charge is 0.362 e. The van der Waals surface area contributed by atoms with Crippen LogP contribution in [-0.4, -0.2) is 48.0 Å². The average molecular weight is 257 g/mol. The van der Waals surface area contributed by atoms with Crippen LogP contribution in [0, 0.1) is 0 Å². The van der Waals surface area contributed by atoms with E-state index in [4.69, 9.17) is 0 Å². The highest BCUT2D eigenvalue weighted by molar-refractivity contribution is 8.13. The van der Waals surface area contributed by atoms with Crippen LogP contribution >= 0.6 is 11.8 Å². The molecule has 0 aromatic rings. The van der Waals surface area contributed by atoms with Crippen LogP contribution in [0.5, 0.6) is 0 Å². The third-order valence-electron chi connectivity index (χ3n) is 3.31. The fourth-order valence-corrected chi connectivity index (χ4v) is 3.03. The fraction of sp³-hybridized carbons (Fsp3) is 0.923. The molecule has 0 spiro atoms. The quantitative estimate of drug-likeness (QED) is 0.710. The lowest BCUT2D eigenvalue weighted by Crippen LogP contribution is -2.37. The van der Waals surface area contributed by atoms with E-state index in [-0.39, 0.29) is 0 Å². The zero-order valence-electron chi connectivity index (χ0n) is 11.5. The smallest absolute Gasteiger partial charge is 0.156 e. The summed E-state index contributed by atoms with van der Waals surface area (Å²) in [6.45, 7) is 11.1. The third-order valence-corrected chi connectivity index (χ3v) is 4.27. The molecule has 100 valence electrons. The molecule has 1 unspecified atom stereocenters. The van der Waals surface area contributed by atoms with E-state index in [2.05, 4.69) is 36.0 Å². The van der Waals surface area contributed by atoms with E-state index in [1.165, 1.54) is 36.7 Å². The van der Waals surface area contributed by atoms with Crippen molar-refractivity contribution in [1.29, 1.82) is 0 Å². The SMILES string of the molecule is CCC1CCSC(=NCCCN(CC)CC)N1. The van der Waals surface area contributed by atoms with Gasteiger partial charge in [-0.3, -0.25) is 4.99 Å². The summed E-state index contributed by atoms with van der Waals surface area (Å²) in [5.74, 6) is 1.22. The van der Waals surface area contributed by atoms with Crippen molar-refractivity contribution in [3.63, 3.8) is 0 Å². The Hall–Kier alpha value is -0.220. The topological polar surface area (TPSA) is 27.6 Å². The predicted molar refractivity (Wildman–Crippen MR) is 79.0 cm³/mol. The van der Waals surface area contributed by atoms with E-state index in [0.717, 1.165) is 19.6 Å². The van der Waals surface area contributed by atoms with Crippen molar-refractivity contribution in [2.45, 2.75) is 46.1 Å². The summed E-state index contributed by atoms with van der Waals surface area (Å²) in [4.78, 5) is 7.12. The molecule has 0 saturated carbocycles. The minimum absolute atomic E-state index is 0.651. The minimum atomic E-state index is 0.651. The standard InChI is InChI=1S/C13H27N3S/c1-4-12-8-11-17-13(15-12)14-9-7-10-16(5-2)6-3/h12H,4-11H2,1-3H3,(H,14,15). The van der Waals surface area contributed by atoms with Gasteiger partial charge in [-0.15, -0.1) is 0 Å². The first-order valence-electron chi connectivity index (χ1n) is 6.96. The summed E-state index contributed by atoms with van der Waals surface area (Å²) in [5.41, 5.74) is 0. The molecule has 1 saturated heterocycles. The van der Waals surface area contributed by atoms with Crippen LogP contribution in [0.2, 0.25) is 0 Å². The van der Waals surface area contributed by atoms with Crippen molar-refractivity contribution in [3.8, 4) is 0 Å². The van der Waals surface area contributed by atoms with Gasteiger partial charge >= 0.3 is 0 Å². The van der Waals surface area contributed by atoms with Crippen LogP contribution in [0.4, 0.5) is 0 Å². The zero-order valence-corrected chi connectivity index (χ0v) is 12.4. The summed E-state index contributed by atoms with van der Waals surface area (Å²) in [7, 11) is 0. The molecule has 0 aliphatic carbocycles. The van der Waals surface area contributed by atoms with Gasteiger partial charge in [-0.25, -0.2) is 0 Å². The first-order valence-corrected chi connectivity index (χ1v) is 7.94. The molecular weight excluding hydrogens is 230 g/mol. The van der Waals surface area contributed by atoms with Gasteiger partial charge in [0.25, 0.3) is 0 Å². The lowest BCUT2D eigenvalue weighted by molar-refractivity contribution is 0.302. The van der Waals surface area contributed by atoms with Gasteiger partial charge in [0.2, 0.25) is 0 Å². The van der Waals surface area contributed by atoms with Gasteiger partial charge in [0.05, 0.1) is 0 Å². The molecule has 1 aliphatic heterocycles. The minimum Gasteiger partial charge on any atom is -0.362 e. The van der Waals surface area contributed by atoms with Crippen LogP contribution in [0.15, 0.2) is 4.99 Å². The number of nitrogens with zero attached hydrogens (tertiary/aromatic N) is 2. The maximum atomic E-state index is 4.66. The predicted octanol–water partition coefficient (Wildman–Crippen LogP) is 2.58. The summed E-state index contributed by atoms with van der Waals surface area (Å²) in [5, 5.41) is 4.69. The lowest BCUT2D eigenvalue weighted by Gasteiger charge is -2.24. The molecule has 17 heavy (non-hydrogen) atoms. The van der Waals surface area contributed by atoms with Crippen LogP contribution in [0.3, 0.4) is 0 Å². The Balaban J connectivity index is 2.19. The van der Waals surface area contributed by atoms with E-state index in [9.17, 15) is 0 Å². The second kappa shape index (κ2) is 8.81. The number of hydrogen-bond acceptors (Lipinski definition) is 3. The molecule has 1 aliphatic rings. The van der Waals surface area contributed by atoms with E-state index >= 15 is 0 Å². The van der Waals surface area contributed by atoms with E-state index in [1.54, 1.807) is 0 Å². The van der Waals surface area contributed by atoms with Crippen molar-refractivity contribution in [2.24, 2.45) is 4.99 Å². The van der Waals surface area contributed by atoms with E-state index in [0.29, 0.717) is 6.04 Å². The second-order valence-corrected chi connectivity index (χ2v) is 5.54. The van der Waals surface area contributed by atoms with Gasteiger partial charge in [0.15, 0.2) is 5.17 Å². The number of nitrogens with one attached hydrogen (secondary N) is 1. The monoisotopic (exact) mass is 257 g/mol. The summed E-state index contributed by atoms with van der Waals surface area (Å²) >= 11 is 1.88. The molecule has 4 heteroatoms. The molecule has 3 nitrogen and oxygen atoms in total. The Morgan fingerprint density at radius 1 is 1.35 bits per heavy atom. The Morgan fingerprint density at radius 3 is 2.76 bits per heavy atom. The molecule has 0 bridgehead atoms. The number of rotatable bonds is 7. The molecule has 0 radical (unpaired) electrons. The summed E-state index contributed by atoms with van der Waals surface area (Å²) in [6.07, 6.45) is 3.66. The van der Waals surface area contributed by atoms with Gasteiger partial charge in [-0.05, 0) is 38.9 Å². The highest BCUT2D eigenvalue weighted by Crippen LogP contribution is 2.15. The van der Waals surface area contributed by atoms with E-state index in [1.807, 2.05) is 11.8 Å². The number of thioether (sulfide) groups is 1. The highest BCUT2D eigenvalue weighted by Gasteiger charge is 2.14. The second-order valence-electron chi connectivity index (χ2n) is 4.45. The number of amidine groups is 1. The molecular formula is C13H27N3S. The van der Waals surface area contributed by atoms with Crippen molar-refractivity contribution >= 4 is 16.9 Å². The molecule has 1 N–H and O–H groups in total. The Labute approximate surface area is 110 Å². The van der Waals surface area contributed by atoms with Crippen molar-refractivity contribution in [2.75, 3.05) is 31.9 Å². The molecule has 0 amide bonds. The van der Waals surface area contributed by atoms with Crippen LogP contribution in [0.1, 0.15) is 40.0 Å². The zero-order chi connectivity index (χ0) is 12.5. The Kier molecular flexibility index (Phi) is 7.69. The lowest BCUT2D eigenvalue weighted by atomic mass is 10.2. The van der Waals surface area contributed by atoms with Gasteiger partial charge < -0.3 is 10.2 Å². The van der Waals surface area contributed by atoms with Gasteiger partial charge in [0.1, 0.15) is 0 Å². The maximum Gasteiger partial charge on any atom is 0.156 e. The van der Waals surface area contributed by atoms with E-state index < -0.39 is 0 Å². The molecule has 1 rings (SSSR count). The summed E-state index contributed by atoms with van der Waals surface area (Å²) in [6, 6.07) is 0.651. The number of hydrogen-bond donors (Lipinski definition) is 1. The van der Waals surface area contributed by atoms with Crippen molar-refractivity contribution in [1.82, 2.24) is 10.2 Å². The van der Waals surface area contributed by atoms with Gasteiger partial charge in [0, 0.05) is 18.3 Å². The Bertz CT molecular complexity index is 227. The summed E-state index contributed by atoms with van der Waals surface area (Å²) < 4.78 is 0. The first-order chi connectivity index (χ1) is 8.30. The van der Waals surface area contributed by atoms with Gasteiger partial charge in [-0.2, -0.15) is 0 Å². The Morgan fingerprint density at radius 2 is 2.12 bits per heavy atom. The maximum absolute atomic E-state index is 4.66. The van der Waals surface area contributed by atoms with Crippen LogP contribution in [-0.2, 0) is 0 Å². The van der Waals surface area contributed by atoms with Crippen molar-refractivity contribution in [3.05, 3.63) is 0 Å². The average Bonchev–Trinajstić information content (AvgIpc) is 2.39. The normalized spacial score (nSPS) is 23.1.